The summed E-state index contributed by atoms with van der Waals surface area (Å²) in [6.07, 6.45) is 5.61. The summed E-state index contributed by atoms with van der Waals surface area (Å²) in [5, 5.41) is 13.5. The first-order valence-electron chi connectivity index (χ1n) is 15.1. The first-order chi connectivity index (χ1) is 21.2. The van der Waals surface area contributed by atoms with Gasteiger partial charge in [0.05, 0.1) is 17.6 Å². The minimum Gasteiger partial charge on any atom is -0.352 e. The van der Waals surface area contributed by atoms with Crippen molar-refractivity contribution >= 4 is 22.8 Å². The summed E-state index contributed by atoms with van der Waals surface area (Å²) in [5.74, 6) is 0.922. The summed E-state index contributed by atoms with van der Waals surface area (Å²) in [6.45, 7) is 2.81. The van der Waals surface area contributed by atoms with Crippen LogP contribution >= 0.6 is 0 Å². The van der Waals surface area contributed by atoms with Crippen LogP contribution in [0.2, 0.25) is 0 Å². The van der Waals surface area contributed by atoms with Crippen LogP contribution in [-0.2, 0) is 18.5 Å². The second-order valence-electron chi connectivity index (χ2n) is 11.8. The Bertz CT molecular complexity index is 1990. The van der Waals surface area contributed by atoms with Crippen LogP contribution in [0.25, 0.3) is 28.1 Å². The van der Waals surface area contributed by atoms with Crippen LogP contribution in [0.1, 0.15) is 46.0 Å². The normalized spacial score (nSPS) is 16.0. The molecule has 43 heavy (non-hydrogen) atoms. The number of nitrogens with zero attached hydrogens (tertiary/aromatic N) is 1. The molecule has 8 rings (SSSR count). The Balaban J connectivity index is 1.36. The maximum Gasteiger partial charge on any atom is 0.126 e. The van der Waals surface area contributed by atoms with Crippen LogP contribution < -0.4 is 5.32 Å². The van der Waals surface area contributed by atoms with Crippen molar-refractivity contribution in [3.05, 3.63) is 173 Å². The third-order valence-electron chi connectivity index (χ3n) is 9.39. The van der Waals surface area contributed by atoms with Crippen molar-refractivity contribution in [3.8, 4) is 11.1 Å². The Kier molecular flexibility index (Phi) is 5.94. The lowest BCUT2D eigenvalue weighted by Crippen LogP contribution is -2.29. The molecule has 0 amide bonds. The summed E-state index contributed by atoms with van der Waals surface area (Å²) in [4.78, 5) is 0. The van der Waals surface area contributed by atoms with E-state index in [1.807, 2.05) is 30.3 Å². The van der Waals surface area contributed by atoms with E-state index in [9.17, 15) is 0 Å². The summed E-state index contributed by atoms with van der Waals surface area (Å²) in [5.41, 5.74) is 12.0. The van der Waals surface area contributed by atoms with Crippen molar-refractivity contribution in [1.82, 2.24) is 9.88 Å². The van der Waals surface area contributed by atoms with Gasteiger partial charge >= 0.3 is 0 Å². The first kappa shape index (κ1) is 25.6. The molecule has 6 aromatic rings. The Hall–Kier alpha value is -5.15. The molecular formula is C40H33N3. The molecule has 208 valence electrons. The van der Waals surface area contributed by atoms with Gasteiger partial charge in [0, 0.05) is 16.6 Å². The molecule has 2 aliphatic rings. The Morgan fingerprint density at radius 2 is 1.40 bits per heavy atom. The zero-order valence-electron chi connectivity index (χ0n) is 24.2. The fourth-order valence-electron chi connectivity index (χ4n) is 7.47. The second-order valence-corrected chi connectivity index (χ2v) is 11.8. The van der Waals surface area contributed by atoms with Gasteiger partial charge in [-0.15, -0.1) is 0 Å². The van der Waals surface area contributed by atoms with E-state index in [1.165, 1.54) is 55.5 Å². The maximum atomic E-state index is 8.75. The second kappa shape index (κ2) is 9.99. The number of hydrogen-bond donors (Lipinski definition) is 2. The summed E-state index contributed by atoms with van der Waals surface area (Å²) in [7, 11) is 0. The number of rotatable bonds is 5. The lowest BCUT2D eigenvalue weighted by molar-refractivity contribution is 0.661. The SMILES string of the molecule is CC1C=Cc2c(c3ccc(C4(c5ccccc5)c5ccccc5-c5ccccc54)cc3n2CNC(=N)c2ccccc2)C1. The van der Waals surface area contributed by atoms with E-state index in [1.54, 1.807) is 0 Å². The minimum atomic E-state index is -0.439. The highest BCUT2D eigenvalue weighted by molar-refractivity contribution is 5.96. The zero-order chi connectivity index (χ0) is 29.0. The van der Waals surface area contributed by atoms with E-state index in [0.29, 0.717) is 18.4 Å². The highest BCUT2D eigenvalue weighted by Gasteiger charge is 2.46. The van der Waals surface area contributed by atoms with E-state index in [4.69, 9.17) is 5.41 Å². The summed E-state index contributed by atoms with van der Waals surface area (Å²) < 4.78 is 2.37. The van der Waals surface area contributed by atoms with Gasteiger partial charge in [-0.2, -0.15) is 0 Å². The number of hydrogen-bond acceptors (Lipinski definition) is 1. The fraction of sp³-hybridized carbons (Fsp3) is 0.125. The molecule has 1 atom stereocenters. The molecule has 3 nitrogen and oxygen atoms in total. The summed E-state index contributed by atoms with van der Waals surface area (Å²) >= 11 is 0. The lowest BCUT2D eigenvalue weighted by Gasteiger charge is -2.34. The van der Waals surface area contributed by atoms with Gasteiger partial charge in [0.1, 0.15) is 5.84 Å². The van der Waals surface area contributed by atoms with Crippen LogP contribution in [-0.4, -0.2) is 10.4 Å². The molecule has 0 fully saturated rings. The van der Waals surface area contributed by atoms with E-state index < -0.39 is 5.41 Å². The van der Waals surface area contributed by atoms with Crippen LogP contribution in [0.5, 0.6) is 0 Å². The highest BCUT2D eigenvalue weighted by Crippen LogP contribution is 2.56. The van der Waals surface area contributed by atoms with Gasteiger partial charge < -0.3 is 9.88 Å². The van der Waals surface area contributed by atoms with Gasteiger partial charge in [0.25, 0.3) is 0 Å². The van der Waals surface area contributed by atoms with Crippen molar-refractivity contribution in [3.63, 3.8) is 0 Å². The number of fused-ring (bicyclic) bond motifs is 6. The van der Waals surface area contributed by atoms with Crippen molar-refractivity contribution < 1.29 is 0 Å². The number of aromatic nitrogens is 1. The number of benzene rings is 5. The predicted molar refractivity (Wildman–Crippen MR) is 178 cm³/mol. The third-order valence-corrected chi connectivity index (χ3v) is 9.39. The molecular weight excluding hydrogens is 522 g/mol. The van der Waals surface area contributed by atoms with E-state index in [0.717, 1.165) is 12.0 Å². The molecule has 5 aromatic carbocycles. The molecule has 3 heteroatoms. The van der Waals surface area contributed by atoms with Crippen molar-refractivity contribution in [2.24, 2.45) is 5.92 Å². The molecule has 0 bridgehead atoms. The zero-order valence-corrected chi connectivity index (χ0v) is 24.2. The molecule has 1 unspecified atom stereocenters. The maximum absolute atomic E-state index is 8.75. The minimum absolute atomic E-state index is 0.430. The van der Waals surface area contributed by atoms with E-state index >= 15 is 0 Å². The van der Waals surface area contributed by atoms with E-state index in [-0.39, 0.29) is 0 Å². The molecule has 2 N–H and O–H groups in total. The Morgan fingerprint density at radius 1 is 0.767 bits per heavy atom. The largest absolute Gasteiger partial charge is 0.352 e. The first-order valence-corrected chi connectivity index (χ1v) is 15.1. The molecule has 0 saturated heterocycles. The molecule has 0 radical (unpaired) electrons. The molecule has 0 spiro atoms. The van der Waals surface area contributed by atoms with Gasteiger partial charge in [-0.05, 0) is 63.4 Å². The van der Waals surface area contributed by atoms with Gasteiger partial charge in [-0.3, -0.25) is 5.41 Å². The van der Waals surface area contributed by atoms with E-state index in [2.05, 4.69) is 126 Å². The highest BCUT2D eigenvalue weighted by atomic mass is 15.1. The molecule has 1 heterocycles. The Labute approximate surface area is 252 Å². The average molecular weight is 556 g/mol. The topological polar surface area (TPSA) is 40.8 Å². The Morgan fingerprint density at radius 3 is 2.09 bits per heavy atom. The van der Waals surface area contributed by atoms with Gasteiger partial charge in [-0.1, -0.05) is 134 Å². The standard InChI is InChI=1S/C40H33N3/c1-27-20-23-37-34(24-27)33-22-21-30(25-38(33)43(37)26-42-39(41)28-12-4-2-5-13-28)40(29-14-6-3-7-15-29)35-18-10-8-16-31(35)32-17-9-11-19-36(32)40/h2-23,25,27H,24,26H2,1H3,(H2,41,42). The molecule has 0 aliphatic heterocycles. The number of amidine groups is 1. The van der Waals surface area contributed by atoms with Gasteiger partial charge in [0.15, 0.2) is 0 Å². The van der Waals surface area contributed by atoms with Crippen LogP contribution in [0, 0.1) is 11.3 Å². The van der Waals surface area contributed by atoms with Crippen LogP contribution in [0.4, 0.5) is 0 Å². The smallest absolute Gasteiger partial charge is 0.126 e. The van der Waals surface area contributed by atoms with Crippen LogP contribution in [0.3, 0.4) is 0 Å². The van der Waals surface area contributed by atoms with Crippen LogP contribution in [0.15, 0.2) is 133 Å². The van der Waals surface area contributed by atoms with Gasteiger partial charge in [0.2, 0.25) is 0 Å². The van der Waals surface area contributed by atoms with Gasteiger partial charge in [-0.25, -0.2) is 0 Å². The molecule has 2 aliphatic carbocycles. The predicted octanol–water partition coefficient (Wildman–Crippen LogP) is 8.78. The van der Waals surface area contributed by atoms with Crippen molar-refractivity contribution in [2.75, 3.05) is 0 Å². The molecule has 1 aromatic heterocycles. The number of nitrogens with one attached hydrogen (secondary N) is 2. The average Bonchev–Trinajstić information content (AvgIpc) is 3.54. The third kappa shape index (κ3) is 3.85. The molecule has 0 saturated carbocycles. The fourth-order valence-corrected chi connectivity index (χ4v) is 7.47. The monoisotopic (exact) mass is 555 g/mol. The van der Waals surface area contributed by atoms with Crippen molar-refractivity contribution in [2.45, 2.75) is 25.4 Å². The van der Waals surface area contributed by atoms with Crippen molar-refractivity contribution in [1.29, 1.82) is 5.41 Å². The lowest BCUT2D eigenvalue weighted by atomic mass is 9.67. The quantitative estimate of drug-likeness (QED) is 0.162. The summed E-state index contributed by atoms with van der Waals surface area (Å²) in [6, 6.07) is 45.8. The number of allylic oxidation sites excluding steroid dienone is 1.